The minimum atomic E-state index is -0.871. The van der Waals surface area contributed by atoms with Crippen LogP contribution in [0.4, 0.5) is 4.79 Å². The Morgan fingerprint density at radius 3 is 2.09 bits per heavy atom. The van der Waals surface area contributed by atoms with E-state index in [9.17, 15) is 9.59 Å². The number of carbonyl (C=O) groups excluding carboxylic acids is 2. The van der Waals surface area contributed by atoms with Gasteiger partial charge < -0.3 is 24.3 Å². The Kier molecular flexibility index (Phi) is 8.14. The van der Waals surface area contributed by atoms with Crippen molar-refractivity contribution >= 4 is 12.1 Å². The fourth-order valence-electron chi connectivity index (χ4n) is 3.37. The van der Waals surface area contributed by atoms with Crippen molar-refractivity contribution < 1.29 is 28.5 Å². The molecule has 2 rings (SSSR count). The normalized spacial score (nSPS) is 12.0. The van der Waals surface area contributed by atoms with Gasteiger partial charge in [0.05, 0.1) is 14.2 Å². The summed E-state index contributed by atoms with van der Waals surface area (Å²) < 4.78 is 21.6. The lowest BCUT2D eigenvalue weighted by Gasteiger charge is -2.23. The van der Waals surface area contributed by atoms with E-state index in [4.69, 9.17) is 18.9 Å². The second-order valence-corrected chi connectivity index (χ2v) is 8.72. The van der Waals surface area contributed by atoms with E-state index in [0.29, 0.717) is 5.75 Å². The molecule has 0 bridgehead atoms. The van der Waals surface area contributed by atoms with Gasteiger partial charge in [-0.2, -0.15) is 0 Å². The first-order chi connectivity index (χ1) is 14.9. The molecule has 7 heteroatoms. The van der Waals surface area contributed by atoms with Gasteiger partial charge in [0, 0.05) is 6.42 Å². The number of amides is 1. The van der Waals surface area contributed by atoms with Gasteiger partial charge in [-0.25, -0.2) is 9.59 Å². The van der Waals surface area contributed by atoms with E-state index in [1.165, 1.54) is 7.11 Å². The third-order valence-electron chi connectivity index (χ3n) is 4.72. The van der Waals surface area contributed by atoms with Gasteiger partial charge >= 0.3 is 12.1 Å². The van der Waals surface area contributed by atoms with Gasteiger partial charge in [-0.15, -0.1) is 0 Å². The van der Waals surface area contributed by atoms with Gasteiger partial charge in [0.2, 0.25) is 0 Å². The molecule has 2 aromatic rings. The fourth-order valence-corrected chi connectivity index (χ4v) is 3.37. The highest BCUT2D eigenvalue weighted by Gasteiger charge is 2.26. The summed E-state index contributed by atoms with van der Waals surface area (Å²) in [6.45, 7) is 11.1. The van der Waals surface area contributed by atoms with Crippen LogP contribution in [-0.4, -0.2) is 37.9 Å². The average Bonchev–Trinajstić information content (AvgIpc) is 2.68. The lowest BCUT2D eigenvalue weighted by molar-refractivity contribution is -0.143. The number of methoxy groups -OCH3 is 2. The van der Waals surface area contributed by atoms with Gasteiger partial charge in [0.15, 0.2) is 0 Å². The van der Waals surface area contributed by atoms with Crippen LogP contribution >= 0.6 is 0 Å². The molecule has 1 N–H and O–H groups in total. The molecule has 0 fully saturated rings. The van der Waals surface area contributed by atoms with Crippen LogP contribution in [0.15, 0.2) is 30.3 Å². The zero-order valence-electron chi connectivity index (χ0n) is 20.1. The molecule has 0 saturated heterocycles. The molecule has 2 aromatic carbocycles. The first-order valence-corrected chi connectivity index (χ1v) is 10.4. The summed E-state index contributed by atoms with van der Waals surface area (Å²) in [7, 11) is 2.92. The largest absolute Gasteiger partial charge is 0.496 e. The zero-order valence-corrected chi connectivity index (χ0v) is 20.1. The topological polar surface area (TPSA) is 83.1 Å². The Labute approximate surface area is 190 Å². The second kappa shape index (κ2) is 10.4. The molecule has 0 aliphatic carbocycles. The smallest absolute Gasteiger partial charge is 0.408 e. The molecule has 1 unspecified atom stereocenters. The molecule has 0 heterocycles. The first kappa shape index (κ1) is 25.0. The van der Waals surface area contributed by atoms with E-state index < -0.39 is 23.7 Å². The molecule has 0 aliphatic heterocycles. The van der Waals surface area contributed by atoms with Crippen molar-refractivity contribution in [3.8, 4) is 17.2 Å². The van der Waals surface area contributed by atoms with E-state index in [0.717, 1.165) is 33.8 Å². The van der Waals surface area contributed by atoms with Gasteiger partial charge in [0.25, 0.3) is 0 Å². The van der Waals surface area contributed by atoms with Crippen molar-refractivity contribution in [1.82, 2.24) is 5.32 Å². The number of hydrogen-bond donors (Lipinski definition) is 1. The maximum absolute atomic E-state index is 12.3. The molecule has 1 atom stereocenters. The minimum absolute atomic E-state index is 0.259. The number of alkyl carbamates (subject to hydrolysis) is 1. The number of carbonyl (C=O) groups is 2. The van der Waals surface area contributed by atoms with Crippen LogP contribution in [0, 0.1) is 20.8 Å². The number of aryl methyl sites for hydroxylation is 3. The Bertz CT molecular complexity index is 954. The second-order valence-electron chi connectivity index (χ2n) is 8.72. The van der Waals surface area contributed by atoms with E-state index in [1.54, 1.807) is 27.9 Å². The Morgan fingerprint density at radius 1 is 0.969 bits per heavy atom. The molecule has 1 amide bonds. The average molecular weight is 444 g/mol. The Hall–Kier alpha value is -3.22. The number of nitrogens with one attached hydrogen (secondary N) is 1. The summed E-state index contributed by atoms with van der Waals surface area (Å²) in [5.41, 5.74) is 3.00. The molecular formula is C25H33NO6. The summed E-state index contributed by atoms with van der Waals surface area (Å²) >= 11 is 0. The first-order valence-electron chi connectivity index (χ1n) is 10.4. The number of ether oxygens (including phenoxy) is 4. The molecule has 0 saturated carbocycles. The predicted octanol–water partition coefficient (Wildman–Crippen LogP) is 5.02. The van der Waals surface area contributed by atoms with Crippen LogP contribution in [0.3, 0.4) is 0 Å². The van der Waals surface area contributed by atoms with Crippen molar-refractivity contribution in [2.45, 2.75) is 59.6 Å². The van der Waals surface area contributed by atoms with Crippen LogP contribution in [0.2, 0.25) is 0 Å². The van der Waals surface area contributed by atoms with Crippen LogP contribution in [0.5, 0.6) is 17.2 Å². The maximum atomic E-state index is 12.3. The van der Waals surface area contributed by atoms with Crippen LogP contribution in [-0.2, 0) is 20.7 Å². The van der Waals surface area contributed by atoms with E-state index >= 15 is 0 Å². The predicted molar refractivity (Wildman–Crippen MR) is 123 cm³/mol. The monoisotopic (exact) mass is 443 g/mol. The van der Waals surface area contributed by atoms with Gasteiger partial charge in [-0.05, 0) is 82.0 Å². The quantitative estimate of drug-likeness (QED) is 0.605. The van der Waals surface area contributed by atoms with E-state index in [2.05, 4.69) is 5.32 Å². The van der Waals surface area contributed by atoms with Crippen LogP contribution in [0.1, 0.15) is 43.0 Å². The third kappa shape index (κ3) is 6.90. The van der Waals surface area contributed by atoms with Crippen molar-refractivity contribution in [2.24, 2.45) is 0 Å². The molecule has 0 spiro atoms. The summed E-state index contributed by atoms with van der Waals surface area (Å²) in [5, 5.41) is 2.60. The van der Waals surface area contributed by atoms with Crippen molar-refractivity contribution in [2.75, 3.05) is 14.2 Å². The number of rotatable bonds is 7. The van der Waals surface area contributed by atoms with E-state index in [1.807, 2.05) is 51.1 Å². The summed E-state index contributed by atoms with van der Waals surface area (Å²) in [5.74, 6) is 1.71. The van der Waals surface area contributed by atoms with Crippen LogP contribution < -0.4 is 14.8 Å². The van der Waals surface area contributed by atoms with Crippen LogP contribution in [0.25, 0.3) is 0 Å². The molecule has 174 valence electrons. The highest BCUT2D eigenvalue weighted by molar-refractivity contribution is 5.81. The molecule has 0 aliphatic rings. The van der Waals surface area contributed by atoms with Gasteiger partial charge in [-0.3, -0.25) is 0 Å². The van der Waals surface area contributed by atoms with E-state index in [-0.39, 0.29) is 6.42 Å². The summed E-state index contributed by atoms with van der Waals surface area (Å²) in [6.07, 6.45) is -0.411. The number of esters is 1. The lowest BCUT2D eigenvalue weighted by Crippen LogP contribution is -2.45. The molecular weight excluding hydrogens is 410 g/mol. The van der Waals surface area contributed by atoms with Gasteiger partial charge in [-0.1, -0.05) is 12.1 Å². The standard InChI is InChI=1S/C25H33NO6/c1-15-13-19(9-10-21(15)29-7)31-22-16(2)11-18(12-17(22)3)14-20(23(27)30-8)26-24(28)32-25(4,5)6/h9-13,20H,14H2,1-8H3,(H,26,28). The SMILES string of the molecule is COC(=O)C(Cc1cc(C)c(Oc2ccc(OC)c(C)c2)c(C)c1)NC(=O)OC(C)(C)C. The Balaban J connectivity index is 2.21. The summed E-state index contributed by atoms with van der Waals surface area (Å²) in [6, 6.07) is 8.65. The molecule has 32 heavy (non-hydrogen) atoms. The van der Waals surface area contributed by atoms with Crippen molar-refractivity contribution in [1.29, 1.82) is 0 Å². The van der Waals surface area contributed by atoms with Crippen molar-refractivity contribution in [3.63, 3.8) is 0 Å². The summed E-state index contributed by atoms with van der Waals surface area (Å²) in [4.78, 5) is 24.4. The highest BCUT2D eigenvalue weighted by Crippen LogP contribution is 2.32. The number of benzene rings is 2. The number of hydrogen-bond acceptors (Lipinski definition) is 6. The molecule has 0 aromatic heterocycles. The zero-order chi connectivity index (χ0) is 24.1. The van der Waals surface area contributed by atoms with Gasteiger partial charge in [0.1, 0.15) is 28.9 Å². The molecule has 7 nitrogen and oxygen atoms in total. The van der Waals surface area contributed by atoms with Crippen molar-refractivity contribution in [3.05, 3.63) is 52.6 Å². The third-order valence-corrected chi connectivity index (χ3v) is 4.72. The molecule has 0 radical (unpaired) electrons. The minimum Gasteiger partial charge on any atom is -0.496 e. The fraction of sp³-hybridized carbons (Fsp3) is 0.440. The Morgan fingerprint density at radius 2 is 1.59 bits per heavy atom. The maximum Gasteiger partial charge on any atom is 0.408 e. The lowest BCUT2D eigenvalue weighted by atomic mass is 10.00. The highest BCUT2D eigenvalue weighted by atomic mass is 16.6.